The molecule has 5 rings (SSSR count). The molecule has 3 heterocycles. The van der Waals surface area contributed by atoms with Crippen LogP contribution in [0.4, 0.5) is 4.39 Å². The van der Waals surface area contributed by atoms with Crippen LogP contribution in [0.5, 0.6) is 5.75 Å². The maximum absolute atomic E-state index is 14.1. The van der Waals surface area contributed by atoms with Crippen LogP contribution < -0.4 is 10.4 Å². The van der Waals surface area contributed by atoms with Crippen LogP contribution in [0.3, 0.4) is 0 Å². The minimum Gasteiger partial charge on any atom is -0.493 e. The molecule has 8 heteroatoms. The predicted molar refractivity (Wildman–Crippen MR) is 120 cm³/mol. The number of hydrogen-bond acceptors (Lipinski definition) is 5. The fraction of sp³-hybridized carbons (Fsp3) is 0.292. The monoisotopic (exact) mass is 433 g/mol. The molecular weight excluding hydrogens is 409 g/mol. The number of rotatable bonds is 5. The molecule has 32 heavy (non-hydrogen) atoms. The maximum atomic E-state index is 14.1. The number of likely N-dealkylation sites (tertiary alicyclic amines) is 1. The number of H-pyrrole nitrogens is 1. The first kappa shape index (κ1) is 20.4. The van der Waals surface area contributed by atoms with Gasteiger partial charge in [0.2, 0.25) is 0 Å². The standard InChI is InChI=1S/C24H24FN5O2/c1-32-22-17(6-2-8-20(22)25)14-29-12-4-7-18(15-29)23-27-24(31)30(28-23)21-9-3-5-16-13-26-11-10-19(16)21/h2-3,5-6,8-11,13,18H,4,7,12,14-15H2,1H3,(H,27,28,31). The number of nitrogens with zero attached hydrogens (tertiary/aromatic N) is 4. The molecule has 1 unspecified atom stereocenters. The highest BCUT2D eigenvalue weighted by Crippen LogP contribution is 2.29. The Labute approximate surface area is 184 Å². The van der Waals surface area contributed by atoms with E-state index in [0.717, 1.165) is 48.0 Å². The van der Waals surface area contributed by atoms with Gasteiger partial charge in [0.25, 0.3) is 0 Å². The number of nitrogens with one attached hydrogen (secondary N) is 1. The Kier molecular flexibility index (Phi) is 5.45. The van der Waals surface area contributed by atoms with Gasteiger partial charge in [-0.25, -0.2) is 9.18 Å². The van der Waals surface area contributed by atoms with E-state index in [9.17, 15) is 9.18 Å². The van der Waals surface area contributed by atoms with Crippen LogP contribution in [-0.2, 0) is 6.54 Å². The van der Waals surface area contributed by atoms with Gasteiger partial charge in [-0.2, -0.15) is 4.68 Å². The van der Waals surface area contributed by atoms with E-state index in [2.05, 4.69) is 20.0 Å². The van der Waals surface area contributed by atoms with Crippen molar-refractivity contribution in [2.75, 3.05) is 20.2 Å². The SMILES string of the molecule is COc1c(F)cccc1CN1CCCC(c2nn(-c3cccc4cnccc34)c(=O)[nH]2)C1. The highest BCUT2D eigenvalue weighted by Gasteiger charge is 2.26. The average Bonchev–Trinajstić information content (AvgIpc) is 3.20. The van der Waals surface area contributed by atoms with Gasteiger partial charge in [0.05, 0.1) is 12.8 Å². The van der Waals surface area contributed by atoms with Crippen LogP contribution in [0.1, 0.15) is 30.1 Å². The van der Waals surface area contributed by atoms with Gasteiger partial charge >= 0.3 is 5.69 Å². The zero-order valence-corrected chi connectivity index (χ0v) is 17.8. The molecule has 2 aromatic carbocycles. The van der Waals surface area contributed by atoms with Gasteiger partial charge in [0.1, 0.15) is 5.82 Å². The smallest absolute Gasteiger partial charge is 0.348 e. The van der Waals surface area contributed by atoms with Gasteiger partial charge in [-0.3, -0.25) is 14.9 Å². The molecule has 0 bridgehead atoms. The van der Waals surface area contributed by atoms with Gasteiger partial charge in [-0.15, -0.1) is 5.10 Å². The number of fused-ring (bicyclic) bond motifs is 1. The summed E-state index contributed by atoms with van der Waals surface area (Å²) in [7, 11) is 1.49. The van der Waals surface area contributed by atoms with Crippen LogP contribution in [0.2, 0.25) is 0 Å². The Hall–Kier alpha value is -3.52. The number of para-hydroxylation sites is 1. The predicted octanol–water partition coefficient (Wildman–Crippen LogP) is 3.64. The first-order valence-electron chi connectivity index (χ1n) is 10.7. The molecule has 0 spiro atoms. The highest BCUT2D eigenvalue weighted by atomic mass is 19.1. The van der Waals surface area contributed by atoms with E-state index >= 15 is 0 Å². The quantitative estimate of drug-likeness (QED) is 0.520. The van der Waals surface area contributed by atoms with Crippen molar-refractivity contribution in [2.24, 2.45) is 0 Å². The van der Waals surface area contributed by atoms with E-state index in [1.165, 1.54) is 17.9 Å². The number of benzene rings is 2. The lowest BCUT2D eigenvalue weighted by molar-refractivity contribution is 0.194. The fourth-order valence-corrected chi connectivity index (χ4v) is 4.55. The Bertz CT molecular complexity index is 1310. The van der Waals surface area contributed by atoms with Gasteiger partial charge in [0.15, 0.2) is 11.6 Å². The third kappa shape index (κ3) is 3.78. The second-order valence-corrected chi connectivity index (χ2v) is 8.11. The summed E-state index contributed by atoms with van der Waals surface area (Å²) in [5.41, 5.74) is 1.29. The molecule has 0 aliphatic carbocycles. The summed E-state index contributed by atoms with van der Waals surface area (Å²) in [6, 6.07) is 12.6. The number of aromatic amines is 1. The molecule has 1 fully saturated rings. The Morgan fingerprint density at radius 1 is 1.22 bits per heavy atom. The molecule has 1 aliphatic heterocycles. The lowest BCUT2D eigenvalue weighted by Gasteiger charge is -2.31. The maximum Gasteiger partial charge on any atom is 0.348 e. The molecular formula is C24H24FN5O2. The lowest BCUT2D eigenvalue weighted by Crippen LogP contribution is -2.34. The molecule has 0 amide bonds. The highest BCUT2D eigenvalue weighted by molar-refractivity contribution is 5.89. The average molecular weight is 433 g/mol. The van der Waals surface area contributed by atoms with Gasteiger partial charge in [0, 0.05) is 47.7 Å². The van der Waals surface area contributed by atoms with Crippen molar-refractivity contribution < 1.29 is 9.13 Å². The zero-order chi connectivity index (χ0) is 22.1. The first-order valence-corrected chi connectivity index (χ1v) is 10.7. The number of ether oxygens (including phenoxy) is 1. The van der Waals surface area contributed by atoms with E-state index in [0.29, 0.717) is 12.4 Å². The zero-order valence-electron chi connectivity index (χ0n) is 17.8. The summed E-state index contributed by atoms with van der Waals surface area (Å²) in [6.07, 6.45) is 5.39. The van der Waals surface area contributed by atoms with Crippen LogP contribution >= 0.6 is 0 Å². The normalized spacial score (nSPS) is 17.0. The van der Waals surface area contributed by atoms with Crippen LogP contribution in [-0.4, -0.2) is 44.8 Å². The Morgan fingerprint density at radius 2 is 2.09 bits per heavy atom. The van der Waals surface area contributed by atoms with Crippen molar-refractivity contribution in [3.05, 3.63) is 82.5 Å². The van der Waals surface area contributed by atoms with Crippen molar-refractivity contribution in [1.29, 1.82) is 0 Å². The molecule has 4 aromatic rings. The molecule has 1 atom stereocenters. The Morgan fingerprint density at radius 3 is 2.97 bits per heavy atom. The third-order valence-corrected chi connectivity index (χ3v) is 6.06. The molecule has 0 saturated carbocycles. The van der Waals surface area contributed by atoms with Crippen molar-refractivity contribution in [2.45, 2.75) is 25.3 Å². The first-order chi connectivity index (χ1) is 15.6. The Balaban J connectivity index is 1.40. The summed E-state index contributed by atoms with van der Waals surface area (Å²) >= 11 is 0. The molecule has 0 radical (unpaired) electrons. The van der Waals surface area contributed by atoms with E-state index < -0.39 is 0 Å². The number of hydrogen-bond donors (Lipinski definition) is 1. The second-order valence-electron chi connectivity index (χ2n) is 8.11. The largest absolute Gasteiger partial charge is 0.493 e. The number of halogens is 1. The number of piperidine rings is 1. The van der Waals surface area contributed by atoms with Crippen molar-refractivity contribution in [3.8, 4) is 11.4 Å². The molecule has 7 nitrogen and oxygen atoms in total. The van der Waals surface area contributed by atoms with Crippen molar-refractivity contribution >= 4 is 10.8 Å². The van der Waals surface area contributed by atoms with E-state index in [4.69, 9.17) is 4.74 Å². The third-order valence-electron chi connectivity index (χ3n) is 6.06. The summed E-state index contributed by atoms with van der Waals surface area (Å²) in [5, 5.41) is 6.54. The topological polar surface area (TPSA) is 76.0 Å². The minimum atomic E-state index is -0.355. The van der Waals surface area contributed by atoms with E-state index in [1.54, 1.807) is 18.5 Å². The van der Waals surface area contributed by atoms with Crippen molar-refractivity contribution in [3.63, 3.8) is 0 Å². The van der Waals surface area contributed by atoms with E-state index in [-0.39, 0.29) is 23.2 Å². The molecule has 1 aliphatic rings. The molecule has 1 saturated heterocycles. The van der Waals surface area contributed by atoms with Gasteiger partial charge in [-0.1, -0.05) is 24.3 Å². The van der Waals surface area contributed by atoms with Crippen LogP contribution in [0, 0.1) is 5.82 Å². The van der Waals surface area contributed by atoms with Gasteiger partial charge < -0.3 is 4.74 Å². The van der Waals surface area contributed by atoms with Crippen LogP contribution in [0.25, 0.3) is 16.5 Å². The number of methoxy groups -OCH3 is 1. The second kappa shape index (κ2) is 8.55. The fourth-order valence-electron chi connectivity index (χ4n) is 4.55. The van der Waals surface area contributed by atoms with Gasteiger partial charge in [-0.05, 0) is 37.6 Å². The van der Waals surface area contributed by atoms with Crippen LogP contribution in [0.15, 0.2) is 59.7 Å². The minimum absolute atomic E-state index is 0.0916. The number of pyridine rings is 1. The number of aromatic nitrogens is 4. The van der Waals surface area contributed by atoms with Crippen molar-refractivity contribution in [1.82, 2.24) is 24.6 Å². The van der Waals surface area contributed by atoms with E-state index in [1.807, 2.05) is 30.3 Å². The lowest BCUT2D eigenvalue weighted by atomic mass is 9.97. The summed E-state index contributed by atoms with van der Waals surface area (Å²) < 4.78 is 20.8. The molecule has 164 valence electrons. The summed E-state index contributed by atoms with van der Waals surface area (Å²) in [5.74, 6) is 0.704. The molecule has 2 aromatic heterocycles. The molecule has 1 N–H and O–H groups in total. The summed E-state index contributed by atoms with van der Waals surface area (Å²) in [6.45, 7) is 2.21. The summed E-state index contributed by atoms with van der Waals surface area (Å²) in [4.78, 5) is 22.2.